The van der Waals surface area contributed by atoms with E-state index in [0.29, 0.717) is 17.2 Å². The fourth-order valence-electron chi connectivity index (χ4n) is 1.67. The van der Waals surface area contributed by atoms with E-state index >= 15 is 0 Å². The highest BCUT2D eigenvalue weighted by Gasteiger charge is 2.07. The SMILES string of the molecule is COc1ccc(OCC(O)COc2ccc(N)cc2)cc1. The second-order valence-corrected chi connectivity index (χ2v) is 4.52. The van der Waals surface area contributed by atoms with Gasteiger partial charge in [0.2, 0.25) is 0 Å². The molecule has 0 spiro atoms. The summed E-state index contributed by atoms with van der Waals surface area (Å²) in [6.45, 7) is 0.307. The molecular weight excluding hydrogens is 270 g/mol. The van der Waals surface area contributed by atoms with Gasteiger partial charge in [0.15, 0.2) is 0 Å². The molecule has 5 heteroatoms. The molecule has 0 heterocycles. The number of rotatable bonds is 7. The van der Waals surface area contributed by atoms with Crippen LogP contribution in [0.1, 0.15) is 0 Å². The van der Waals surface area contributed by atoms with Crippen molar-refractivity contribution in [2.75, 3.05) is 26.1 Å². The van der Waals surface area contributed by atoms with Crippen LogP contribution in [0.25, 0.3) is 0 Å². The van der Waals surface area contributed by atoms with E-state index in [-0.39, 0.29) is 13.2 Å². The topological polar surface area (TPSA) is 73.9 Å². The number of anilines is 1. The van der Waals surface area contributed by atoms with E-state index in [4.69, 9.17) is 19.9 Å². The van der Waals surface area contributed by atoms with Crippen molar-refractivity contribution >= 4 is 5.69 Å². The van der Waals surface area contributed by atoms with Crippen LogP contribution in [0.15, 0.2) is 48.5 Å². The van der Waals surface area contributed by atoms with Gasteiger partial charge in [-0.3, -0.25) is 0 Å². The largest absolute Gasteiger partial charge is 0.497 e. The lowest BCUT2D eigenvalue weighted by Crippen LogP contribution is -2.25. The molecule has 2 aromatic carbocycles. The summed E-state index contributed by atoms with van der Waals surface area (Å²) >= 11 is 0. The minimum atomic E-state index is -0.718. The Morgan fingerprint density at radius 1 is 0.857 bits per heavy atom. The molecule has 2 aromatic rings. The quantitative estimate of drug-likeness (QED) is 0.764. The Balaban J connectivity index is 1.73. The maximum Gasteiger partial charge on any atom is 0.122 e. The van der Waals surface area contributed by atoms with Crippen LogP contribution in [-0.4, -0.2) is 31.5 Å². The van der Waals surface area contributed by atoms with E-state index in [1.54, 1.807) is 55.6 Å². The molecule has 1 unspecified atom stereocenters. The first kappa shape index (κ1) is 15.0. The third kappa shape index (κ3) is 4.89. The molecule has 0 aliphatic carbocycles. The Morgan fingerprint density at radius 3 is 1.76 bits per heavy atom. The van der Waals surface area contributed by atoms with Gasteiger partial charge in [0.05, 0.1) is 7.11 Å². The lowest BCUT2D eigenvalue weighted by atomic mass is 10.3. The molecule has 0 amide bonds. The Hall–Kier alpha value is -2.40. The van der Waals surface area contributed by atoms with E-state index < -0.39 is 6.10 Å². The monoisotopic (exact) mass is 289 g/mol. The fraction of sp³-hybridized carbons (Fsp3) is 0.250. The summed E-state index contributed by atoms with van der Waals surface area (Å²) in [5, 5.41) is 9.83. The molecule has 21 heavy (non-hydrogen) atoms. The van der Waals surface area contributed by atoms with Crippen molar-refractivity contribution in [3.05, 3.63) is 48.5 Å². The molecule has 112 valence electrons. The van der Waals surface area contributed by atoms with Crippen LogP contribution in [0.2, 0.25) is 0 Å². The van der Waals surface area contributed by atoms with Crippen molar-refractivity contribution < 1.29 is 19.3 Å². The molecule has 0 bridgehead atoms. The average Bonchev–Trinajstić information content (AvgIpc) is 2.53. The summed E-state index contributed by atoms with van der Waals surface area (Å²) in [6.07, 6.45) is -0.718. The van der Waals surface area contributed by atoms with Crippen LogP contribution >= 0.6 is 0 Å². The van der Waals surface area contributed by atoms with Crippen molar-refractivity contribution in [1.29, 1.82) is 0 Å². The van der Waals surface area contributed by atoms with Gasteiger partial charge in [-0.15, -0.1) is 0 Å². The highest BCUT2D eigenvalue weighted by atomic mass is 16.5. The van der Waals surface area contributed by atoms with Gasteiger partial charge in [-0.25, -0.2) is 0 Å². The predicted octanol–water partition coefficient (Wildman–Crippen LogP) is 2.10. The Labute approximate surface area is 123 Å². The molecular formula is C16H19NO4. The fourth-order valence-corrected chi connectivity index (χ4v) is 1.67. The first-order valence-corrected chi connectivity index (χ1v) is 6.60. The van der Waals surface area contributed by atoms with Gasteiger partial charge in [-0.05, 0) is 48.5 Å². The van der Waals surface area contributed by atoms with Crippen LogP contribution in [0.5, 0.6) is 17.2 Å². The molecule has 1 atom stereocenters. The van der Waals surface area contributed by atoms with Crippen molar-refractivity contribution in [3.63, 3.8) is 0 Å². The Kier molecular flexibility index (Phi) is 5.29. The molecule has 3 N–H and O–H groups in total. The van der Waals surface area contributed by atoms with Gasteiger partial charge in [-0.1, -0.05) is 0 Å². The van der Waals surface area contributed by atoms with Gasteiger partial charge in [0, 0.05) is 5.69 Å². The number of nitrogens with two attached hydrogens (primary N) is 1. The molecule has 0 saturated carbocycles. The second-order valence-electron chi connectivity index (χ2n) is 4.52. The van der Waals surface area contributed by atoms with Gasteiger partial charge < -0.3 is 25.1 Å². The number of benzene rings is 2. The molecule has 0 saturated heterocycles. The number of hydrogen-bond donors (Lipinski definition) is 2. The summed E-state index contributed by atoms with van der Waals surface area (Å²) < 4.78 is 16.0. The normalized spacial score (nSPS) is 11.7. The van der Waals surface area contributed by atoms with Crippen molar-refractivity contribution in [2.45, 2.75) is 6.10 Å². The van der Waals surface area contributed by atoms with Crippen molar-refractivity contribution in [2.24, 2.45) is 0 Å². The lowest BCUT2D eigenvalue weighted by molar-refractivity contribution is 0.0626. The summed E-state index contributed by atoms with van der Waals surface area (Å²) in [6, 6.07) is 14.2. The predicted molar refractivity (Wildman–Crippen MR) is 80.8 cm³/mol. The summed E-state index contributed by atoms with van der Waals surface area (Å²) in [7, 11) is 1.61. The number of ether oxygens (including phenoxy) is 3. The molecule has 5 nitrogen and oxygen atoms in total. The van der Waals surface area contributed by atoms with Gasteiger partial charge in [0.1, 0.15) is 36.6 Å². The van der Waals surface area contributed by atoms with Crippen molar-refractivity contribution in [1.82, 2.24) is 0 Å². The van der Waals surface area contributed by atoms with Crippen LogP contribution in [-0.2, 0) is 0 Å². The molecule has 0 aromatic heterocycles. The zero-order valence-corrected chi connectivity index (χ0v) is 11.9. The van der Waals surface area contributed by atoms with Crippen LogP contribution in [0.4, 0.5) is 5.69 Å². The van der Waals surface area contributed by atoms with E-state index in [9.17, 15) is 5.11 Å². The van der Waals surface area contributed by atoms with Crippen LogP contribution in [0, 0.1) is 0 Å². The highest BCUT2D eigenvalue weighted by Crippen LogP contribution is 2.17. The highest BCUT2D eigenvalue weighted by molar-refractivity contribution is 5.41. The van der Waals surface area contributed by atoms with Crippen LogP contribution in [0.3, 0.4) is 0 Å². The van der Waals surface area contributed by atoms with Gasteiger partial charge >= 0.3 is 0 Å². The number of hydrogen-bond acceptors (Lipinski definition) is 5. The minimum Gasteiger partial charge on any atom is -0.497 e. The van der Waals surface area contributed by atoms with E-state index in [0.717, 1.165) is 5.75 Å². The van der Waals surface area contributed by atoms with E-state index in [1.807, 2.05) is 0 Å². The van der Waals surface area contributed by atoms with Gasteiger partial charge in [-0.2, -0.15) is 0 Å². The Bertz CT molecular complexity index is 539. The Morgan fingerprint density at radius 2 is 1.29 bits per heavy atom. The third-order valence-electron chi connectivity index (χ3n) is 2.82. The maximum absolute atomic E-state index is 9.83. The first-order chi connectivity index (χ1) is 10.2. The molecule has 0 aliphatic heterocycles. The summed E-state index contributed by atoms with van der Waals surface area (Å²) in [5.41, 5.74) is 6.25. The standard InChI is InChI=1S/C16H19NO4/c1-19-14-6-8-16(9-7-14)21-11-13(18)10-20-15-4-2-12(17)3-5-15/h2-9,13,18H,10-11,17H2,1H3. The lowest BCUT2D eigenvalue weighted by Gasteiger charge is -2.14. The molecule has 0 fully saturated rings. The maximum atomic E-state index is 9.83. The third-order valence-corrected chi connectivity index (χ3v) is 2.82. The second kappa shape index (κ2) is 7.40. The smallest absolute Gasteiger partial charge is 0.122 e. The number of nitrogen functional groups attached to an aromatic ring is 1. The van der Waals surface area contributed by atoms with Crippen LogP contribution < -0.4 is 19.9 Å². The number of aliphatic hydroxyl groups excluding tert-OH is 1. The zero-order valence-electron chi connectivity index (χ0n) is 11.9. The molecule has 0 aliphatic rings. The van der Waals surface area contributed by atoms with E-state index in [2.05, 4.69) is 0 Å². The molecule has 2 rings (SSSR count). The minimum absolute atomic E-state index is 0.153. The first-order valence-electron chi connectivity index (χ1n) is 6.60. The van der Waals surface area contributed by atoms with E-state index in [1.165, 1.54) is 0 Å². The van der Waals surface area contributed by atoms with Gasteiger partial charge in [0.25, 0.3) is 0 Å². The summed E-state index contributed by atoms with van der Waals surface area (Å²) in [4.78, 5) is 0. The number of aliphatic hydroxyl groups is 1. The van der Waals surface area contributed by atoms with Crippen molar-refractivity contribution in [3.8, 4) is 17.2 Å². The zero-order chi connectivity index (χ0) is 15.1. The average molecular weight is 289 g/mol. The molecule has 0 radical (unpaired) electrons. The summed E-state index contributed by atoms with van der Waals surface area (Å²) in [5.74, 6) is 2.09. The number of methoxy groups -OCH3 is 1.